The molecule has 8 heteroatoms. The molecule has 0 fully saturated rings. The zero-order valence-corrected chi connectivity index (χ0v) is 12.5. The molecule has 0 bridgehead atoms. The van der Waals surface area contributed by atoms with Crippen LogP contribution in [0.15, 0.2) is 5.16 Å². The van der Waals surface area contributed by atoms with Gasteiger partial charge in [0.1, 0.15) is 0 Å². The fraction of sp³-hybridized carbons (Fsp3) is 0.818. The first-order chi connectivity index (χ1) is 9.13. The predicted octanol–water partition coefficient (Wildman–Crippen LogP) is 0.147. The van der Waals surface area contributed by atoms with Gasteiger partial charge < -0.3 is 10.6 Å². The smallest absolute Gasteiger partial charge is 0.220 e. The normalized spacial score (nSPS) is 10.9. The maximum absolute atomic E-state index is 11.1. The highest BCUT2D eigenvalue weighted by atomic mass is 32.2. The number of rotatable bonds is 9. The molecule has 0 saturated heterocycles. The van der Waals surface area contributed by atoms with Gasteiger partial charge in [0, 0.05) is 25.8 Å². The minimum atomic E-state index is 0.0325. The van der Waals surface area contributed by atoms with Gasteiger partial charge in [-0.1, -0.05) is 25.6 Å². The number of nitrogens with zero attached hydrogens (tertiary/aromatic N) is 4. The Labute approximate surface area is 117 Å². The highest BCUT2D eigenvalue weighted by Crippen LogP contribution is 2.14. The highest BCUT2D eigenvalue weighted by Gasteiger charge is 2.07. The summed E-state index contributed by atoms with van der Waals surface area (Å²) in [7, 11) is 1.64. The van der Waals surface area contributed by atoms with E-state index in [4.69, 9.17) is 0 Å². The monoisotopic (exact) mass is 286 g/mol. The minimum absolute atomic E-state index is 0.0325. The van der Waals surface area contributed by atoms with Crippen molar-refractivity contribution in [3.8, 4) is 0 Å². The Morgan fingerprint density at radius 3 is 2.95 bits per heavy atom. The summed E-state index contributed by atoms with van der Waals surface area (Å²) in [5, 5.41) is 18.3. The molecule has 19 heavy (non-hydrogen) atoms. The number of hydrogen-bond donors (Lipinski definition) is 2. The summed E-state index contributed by atoms with van der Waals surface area (Å²) in [5.41, 5.74) is 0. The third-order valence-corrected chi connectivity index (χ3v) is 3.35. The number of thioether (sulfide) groups is 1. The average molecular weight is 286 g/mol. The van der Waals surface area contributed by atoms with Crippen LogP contribution in [0.25, 0.3) is 0 Å². The summed E-state index contributed by atoms with van der Waals surface area (Å²) in [4.78, 5) is 11.1. The Morgan fingerprint density at radius 1 is 1.47 bits per heavy atom. The van der Waals surface area contributed by atoms with Gasteiger partial charge in [-0.3, -0.25) is 4.79 Å². The molecule has 1 amide bonds. The lowest BCUT2D eigenvalue weighted by molar-refractivity contribution is -0.120. The largest absolute Gasteiger partial charge is 0.359 e. The first-order valence-electron chi connectivity index (χ1n) is 6.43. The van der Waals surface area contributed by atoms with E-state index in [1.54, 1.807) is 11.7 Å². The van der Waals surface area contributed by atoms with Crippen molar-refractivity contribution in [2.45, 2.75) is 32.0 Å². The van der Waals surface area contributed by atoms with Gasteiger partial charge in [0.25, 0.3) is 0 Å². The number of nitrogens with one attached hydrogen (secondary N) is 2. The van der Waals surface area contributed by atoms with Crippen molar-refractivity contribution in [1.82, 2.24) is 30.8 Å². The molecule has 2 N–H and O–H groups in total. The third kappa shape index (κ3) is 6.53. The van der Waals surface area contributed by atoms with Gasteiger partial charge in [-0.2, -0.15) is 0 Å². The van der Waals surface area contributed by atoms with E-state index in [2.05, 4.69) is 40.0 Å². The molecule has 1 aromatic rings. The third-order valence-electron chi connectivity index (χ3n) is 2.39. The van der Waals surface area contributed by atoms with Gasteiger partial charge in [-0.25, -0.2) is 4.68 Å². The number of aromatic nitrogens is 4. The van der Waals surface area contributed by atoms with Crippen LogP contribution in [0.1, 0.15) is 20.3 Å². The van der Waals surface area contributed by atoms with Crippen LogP contribution in [0.3, 0.4) is 0 Å². The summed E-state index contributed by atoms with van der Waals surface area (Å²) >= 11 is 1.50. The standard InChI is InChI=1S/C11H22N6OS/c1-9(2)8-13-5-6-17-11(14-15-16-17)19-7-4-10(18)12-3/h9,13H,4-8H2,1-3H3,(H,12,18). The van der Waals surface area contributed by atoms with Gasteiger partial charge in [0.2, 0.25) is 11.1 Å². The van der Waals surface area contributed by atoms with Crippen LogP contribution in [0.4, 0.5) is 0 Å². The molecule has 0 radical (unpaired) electrons. The second kappa shape index (κ2) is 8.87. The first-order valence-corrected chi connectivity index (χ1v) is 7.42. The van der Waals surface area contributed by atoms with Gasteiger partial charge in [-0.15, -0.1) is 5.10 Å². The number of amides is 1. The predicted molar refractivity (Wildman–Crippen MR) is 74.9 cm³/mol. The van der Waals surface area contributed by atoms with E-state index in [1.165, 1.54) is 11.8 Å². The van der Waals surface area contributed by atoms with Gasteiger partial charge >= 0.3 is 0 Å². The molecular formula is C11H22N6OS. The molecular weight excluding hydrogens is 264 g/mol. The summed E-state index contributed by atoms with van der Waals surface area (Å²) in [6.45, 7) is 6.91. The van der Waals surface area contributed by atoms with Crippen LogP contribution < -0.4 is 10.6 Å². The lowest BCUT2D eigenvalue weighted by Gasteiger charge is -2.07. The molecule has 0 saturated carbocycles. The van der Waals surface area contributed by atoms with Crippen LogP contribution in [-0.4, -0.2) is 52.0 Å². The quantitative estimate of drug-likeness (QED) is 0.496. The van der Waals surface area contributed by atoms with Crippen molar-refractivity contribution in [3.63, 3.8) is 0 Å². The Kier molecular flexibility index (Phi) is 7.42. The average Bonchev–Trinajstić information content (AvgIpc) is 2.82. The van der Waals surface area contributed by atoms with Crippen molar-refractivity contribution >= 4 is 17.7 Å². The van der Waals surface area contributed by atoms with E-state index < -0.39 is 0 Å². The molecule has 0 aromatic carbocycles. The molecule has 0 aliphatic rings. The lowest BCUT2D eigenvalue weighted by Crippen LogP contribution is -2.24. The van der Waals surface area contributed by atoms with Crippen molar-refractivity contribution < 1.29 is 4.79 Å². The summed E-state index contributed by atoms with van der Waals surface area (Å²) in [6.07, 6.45) is 0.472. The van der Waals surface area contributed by atoms with E-state index in [-0.39, 0.29) is 5.91 Å². The topological polar surface area (TPSA) is 84.7 Å². The first kappa shape index (κ1) is 15.9. The minimum Gasteiger partial charge on any atom is -0.359 e. The Balaban J connectivity index is 2.28. The fourth-order valence-electron chi connectivity index (χ4n) is 1.38. The molecule has 7 nitrogen and oxygen atoms in total. The summed E-state index contributed by atoms with van der Waals surface area (Å²) in [5.74, 6) is 1.35. The van der Waals surface area contributed by atoms with Crippen molar-refractivity contribution in [1.29, 1.82) is 0 Å². The molecule has 0 spiro atoms. The fourth-order valence-corrected chi connectivity index (χ4v) is 2.22. The zero-order chi connectivity index (χ0) is 14.1. The Bertz CT molecular complexity index is 381. The molecule has 1 rings (SSSR count). The number of carbonyl (C=O) groups is 1. The Morgan fingerprint density at radius 2 is 2.26 bits per heavy atom. The maximum atomic E-state index is 11.1. The van der Waals surface area contributed by atoms with E-state index in [0.29, 0.717) is 18.1 Å². The van der Waals surface area contributed by atoms with Crippen LogP contribution in [0.5, 0.6) is 0 Å². The molecule has 0 atom stereocenters. The van der Waals surface area contributed by atoms with E-state index in [1.807, 2.05) is 0 Å². The Hall–Kier alpha value is -1.15. The van der Waals surface area contributed by atoms with Crippen LogP contribution >= 0.6 is 11.8 Å². The van der Waals surface area contributed by atoms with Crippen LogP contribution in [0.2, 0.25) is 0 Å². The van der Waals surface area contributed by atoms with E-state index in [9.17, 15) is 4.79 Å². The molecule has 1 heterocycles. The second-order valence-corrected chi connectivity index (χ2v) is 5.62. The number of tetrazole rings is 1. The molecule has 0 aliphatic carbocycles. The number of carbonyl (C=O) groups excluding carboxylic acids is 1. The van der Waals surface area contributed by atoms with Crippen molar-refractivity contribution in [2.24, 2.45) is 5.92 Å². The lowest BCUT2D eigenvalue weighted by atomic mass is 10.2. The molecule has 1 aromatic heterocycles. The van der Waals surface area contributed by atoms with Crippen molar-refractivity contribution in [2.75, 3.05) is 25.9 Å². The SMILES string of the molecule is CNC(=O)CCSc1nnnn1CCNCC(C)C. The van der Waals surface area contributed by atoms with Crippen LogP contribution in [0, 0.1) is 5.92 Å². The highest BCUT2D eigenvalue weighted by molar-refractivity contribution is 7.99. The maximum Gasteiger partial charge on any atom is 0.220 e. The molecule has 0 unspecified atom stereocenters. The van der Waals surface area contributed by atoms with Gasteiger partial charge in [-0.05, 0) is 22.9 Å². The second-order valence-electron chi connectivity index (χ2n) is 4.55. The van der Waals surface area contributed by atoms with E-state index in [0.717, 1.165) is 24.8 Å². The summed E-state index contributed by atoms with van der Waals surface area (Å²) < 4.78 is 1.77. The van der Waals surface area contributed by atoms with Crippen molar-refractivity contribution in [3.05, 3.63) is 0 Å². The van der Waals surface area contributed by atoms with Gasteiger partial charge in [0.15, 0.2) is 0 Å². The molecule has 0 aliphatic heterocycles. The van der Waals surface area contributed by atoms with Crippen LogP contribution in [-0.2, 0) is 11.3 Å². The summed E-state index contributed by atoms with van der Waals surface area (Å²) in [6, 6.07) is 0. The van der Waals surface area contributed by atoms with Gasteiger partial charge in [0.05, 0.1) is 6.54 Å². The van der Waals surface area contributed by atoms with E-state index >= 15 is 0 Å². The zero-order valence-electron chi connectivity index (χ0n) is 11.7. The number of hydrogen-bond acceptors (Lipinski definition) is 6. The molecule has 108 valence electrons.